The second kappa shape index (κ2) is 13.4. The fourth-order valence-corrected chi connectivity index (χ4v) is 3.29. The van der Waals surface area contributed by atoms with E-state index in [0.717, 1.165) is 6.26 Å². The Kier molecular flexibility index (Phi) is 12.9. The van der Waals surface area contributed by atoms with Gasteiger partial charge < -0.3 is 30.0 Å². The largest absolute Gasteiger partial charge is 2.00 e. The van der Waals surface area contributed by atoms with Gasteiger partial charge in [-0.25, -0.2) is 8.42 Å². The topological polar surface area (TPSA) is 120 Å². The summed E-state index contributed by atoms with van der Waals surface area (Å²) in [5, 5.41) is 8.87. The van der Waals surface area contributed by atoms with Crippen LogP contribution in [0.2, 0.25) is 0 Å². The van der Waals surface area contributed by atoms with E-state index in [4.69, 9.17) is 30.0 Å². The molecule has 28 heavy (non-hydrogen) atoms. The maximum atomic E-state index is 11.9. The van der Waals surface area contributed by atoms with Crippen LogP contribution < -0.4 is 10.9 Å². The SMILES string of the molecule is CCN=C([S-])N/N=C(/C(C)=N/NC([S-])=NCC)[C@@H]1CN(S(C)(=O)=O)CCO1.[Cu+2]. The standard InChI is InChI=1S/C14H27N7O3S3.Cu/c1-5-15-13(25)19-17-10(3)12(18-20-14(26)16-6-2)11-9-21(7-8-24-11)27(4,22)23;/h11H,5-9H2,1-4H3,(H2,15,19,25)(H2,16,20,26);/q;+2/p-2/b17-10+,18-12-;/t11-;/m0./s1. The molecule has 1 saturated heterocycles. The van der Waals surface area contributed by atoms with Gasteiger partial charge in [-0.2, -0.15) is 14.5 Å². The number of rotatable bonds is 7. The summed E-state index contributed by atoms with van der Waals surface area (Å²) in [6.07, 6.45) is 0.542. The van der Waals surface area contributed by atoms with Crippen LogP contribution in [0.5, 0.6) is 0 Å². The van der Waals surface area contributed by atoms with Gasteiger partial charge in [0.1, 0.15) is 11.8 Å². The van der Waals surface area contributed by atoms with Crippen LogP contribution in [0.1, 0.15) is 20.8 Å². The maximum absolute atomic E-state index is 11.9. The Labute approximate surface area is 188 Å². The average Bonchev–Trinajstić information content (AvgIpc) is 2.60. The summed E-state index contributed by atoms with van der Waals surface area (Å²) >= 11 is 10.1. The third-order valence-corrected chi connectivity index (χ3v) is 5.08. The molecule has 0 aromatic heterocycles. The quantitative estimate of drug-likeness (QED) is 0.158. The van der Waals surface area contributed by atoms with Gasteiger partial charge in [0.2, 0.25) is 10.0 Å². The zero-order valence-corrected chi connectivity index (χ0v) is 19.5. The zero-order valence-electron chi connectivity index (χ0n) is 16.1. The van der Waals surface area contributed by atoms with E-state index >= 15 is 0 Å². The first-order chi connectivity index (χ1) is 12.7. The Morgan fingerprint density at radius 2 is 1.68 bits per heavy atom. The van der Waals surface area contributed by atoms with Crippen molar-refractivity contribution in [2.45, 2.75) is 26.9 Å². The van der Waals surface area contributed by atoms with Crippen LogP contribution in [0.15, 0.2) is 20.2 Å². The van der Waals surface area contributed by atoms with Gasteiger partial charge in [0.15, 0.2) is 0 Å². The van der Waals surface area contributed by atoms with Crippen LogP contribution in [-0.4, -0.2) is 79.6 Å². The summed E-state index contributed by atoms with van der Waals surface area (Å²) < 4.78 is 30.8. The molecule has 0 amide bonds. The first-order valence-corrected chi connectivity index (χ1v) is 11.0. The third kappa shape index (κ3) is 9.54. The van der Waals surface area contributed by atoms with Gasteiger partial charge in [-0.15, -0.1) is 0 Å². The van der Waals surface area contributed by atoms with Crippen LogP contribution in [-0.2, 0) is 57.1 Å². The Morgan fingerprint density at radius 3 is 2.18 bits per heavy atom. The summed E-state index contributed by atoms with van der Waals surface area (Å²) in [5.74, 6) is 0. The van der Waals surface area contributed by atoms with E-state index < -0.39 is 16.1 Å². The molecule has 0 aromatic rings. The van der Waals surface area contributed by atoms with Crippen molar-refractivity contribution in [3.8, 4) is 0 Å². The van der Waals surface area contributed by atoms with E-state index in [1.807, 2.05) is 13.8 Å². The summed E-state index contributed by atoms with van der Waals surface area (Å²) in [6.45, 7) is 7.10. The first-order valence-electron chi connectivity index (χ1n) is 8.32. The van der Waals surface area contributed by atoms with E-state index in [1.165, 1.54) is 4.31 Å². The molecule has 0 aromatic carbocycles. The molecule has 1 aliphatic rings. The summed E-state index contributed by atoms with van der Waals surface area (Å²) in [5.41, 5.74) is 6.17. The minimum atomic E-state index is -3.35. The van der Waals surface area contributed by atoms with E-state index in [1.54, 1.807) is 6.92 Å². The number of nitrogens with one attached hydrogen (secondary N) is 2. The summed E-state index contributed by atoms with van der Waals surface area (Å²) in [4.78, 5) is 8.04. The molecule has 1 heterocycles. The Hall–Kier alpha value is -0.891. The fraction of sp³-hybridized carbons (Fsp3) is 0.714. The predicted octanol–water partition coefficient (Wildman–Crippen LogP) is -0.599. The van der Waals surface area contributed by atoms with Crippen LogP contribution >= 0.6 is 0 Å². The molecule has 10 nitrogen and oxygen atoms in total. The molecule has 0 aliphatic carbocycles. The number of aliphatic imine (C=N–C) groups is 2. The van der Waals surface area contributed by atoms with Crippen molar-refractivity contribution in [2.24, 2.45) is 20.2 Å². The van der Waals surface area contributed by atoms with Crippen LogP contribution in [0.4, 0.5) is 0 Å². The molecule has 163 valence electrons. The van der Waals surface area contributed by atoms with Crippen LogP contribution in [0.3, 0.4) is 0 Å². The molecule has 0 spiro atoms. The molecule has 1 atom stereocenters. The van der Waals surface area contributed by atoms with Crippen molar-refractivity contribution >= 4 is 57.0 Å². The molecule has 1 fully saturated rings. The normalized spacial score (nSPS) is 20.5. The first kappa shape index (κ1) is 27.1. The molecular formula is C14H25CuN7O3S3. The summed E-state index contributed by atoms with van der Waals surface area (Å²) in [7, 11) is -3.35. The van der Waals surface area contributed by atoms with E-state index in [9.17, 15) is 8.42 Å². The minimum absolute atomic E-state index is 0. The number of hydrogen-bond acceptors (Lipinski definition) is 9. The maximum Gasteiger partial charge on any atom is 2.00 e. The Balaban J connectivity index is 0.00000729. The zero-order chi connectivity index (χ0) is 20.4. The van der Waals surface area contributed by atoms with E-state index in [0.29, 0.717) is 24.5 Å². The van der Waals surface area contributed by atoms with Gasteiger partial charge in [-0.3, -0.25) is 20.8 Å². The Morgan fingerprint density at radius 1 is 1.14 bits per heavy atom. The van der Waals surface area contributed by atoms with Gasteiger partial charge in [0.25, 0.3) is 0 Å². The van der Waals surface area contributed by atoms with Crippen molar-refractivity contribution in [3.05, 3.63) is 0 Å². The van der Waals surface area contributed by atoms with Gasteiger partial charge in [0, 0.05) is 26.2 Å². The third-order valence-electron chi connectivity index (χ3n) is 3.37. The van der Waals surface area contributed by atoms with Crippen molar-refractivity contribution in [2.75, 3.05) is 39.0 Å². The van der Waals surface area contributed by atoms with Gasteiger partial charge in [0.05, 0.1) is 18.6 Å². The van der Waals surface area contributed by atoms with Crippen molar-refractivity contribution in [1.29, 1.82) is 0 Å². The van der Waals surface area contributed by atoms with Crippen molar-refractivity contribution < 1.29 is 30.2 Å². The van der Waals surface area contributed by atoms with Crippen molar-refractivity contribution in [1.82, 2.24) is 15.2 Å². The minimum Gasteiger partial charge on any atom is -0.741 e. The number of hydrogen-bond donors (Lipinski definition) is 2. The van der Waals surface area contributed by atoms with Crippen molar-refractivity contribution in [3.63, 3.8) is 0 Å². The molecule has 1 aliphatic heterocycles. The van der Waals surface area contributed by atoms with Crippen LogP contribution in [0, 0.1) is 0 Å². The van der Waals surface area contributed by atoms with Gasteiger partial charge in [-0.1, -0.05) is 0 Å². The molecule has 0 unspecified atom stereocenters. The Bertz CT molecular complexity index is 726. The van der Waals surface area contributed by atoms with E-state index in [-0.39, 0.29) is 47.1 Å². The van der Waals surface area contributed by atoms with Crippen LogP contribution in [0.25, 0.3) is 0 Å². The molecule has 1 radical (unpaired) electrons. The summed E-state index contributed by atoms with van der Waals surface area (Å²) in [6, 6.07) is 0. The number of nitrogens with zero attached hydrogens (tertiary/aromatic N) is 5. The number of sulfonamides is 1. The molecule has 0 bridgehead atoms. The smallest absolute Gasteiger partial charge is 0.741 e. The van der Waals surface area contributed by atoms with E-state index in [2.05, 4.69) is 31.0 Å². The average molecular weight is 499 g/mol. The molecular weight excluding hydrogens is 474 g/mol. The molecule has 0 saturated carbocycles. The molecule has 14 heteroatoms. The monoisotopic (exact) mass is 498 g/mol. The number of amidine groups is 2. The molecule has 2 N–H and O–H groups in total. The molecule has 1 rings (SSSR count). The van der Waals surface area contributed by atoms with Gasteiger partial charge >= 0.3 is 17.1 Å². The second-order valence-corrected chi connectivity index (χ2v) is 8.21. The number of hydrazone groups is 2. The predicted molar refractivity (Wildman–Crippen MR) is 114 cm³/mol. The number of morpholine rings is 1. The fourth-order valence-electron chi connectivity index (χ4n) is 2.13. The number of ether oxygens (including phenoxy) is 1. The van der Waals surface area contributed by atoms with Gasteiger partial charge in [-0.05, 0) is 31.1 Å². The second-order valence-electron chi connectivity index (χ2n) is 5.46.